The molecule has 0 radical (unpaired) electrons. The van der Waals surface area contributed by atoms with Gasteiger partial charge in [0.1, 0.15) is 4.60 Å². The van der Waals surface area contributed by atoms with Crippen molar-refractivity contribution in [2.45, 2.75) is 0 Å². The topological polar surface area (TPSA) is 39.2 Å². The molecule has 1 aromatic heterocycles. The van der Waals surface area contributed by atoms with Crippen LogP contribution in [0.5, 0.6) is 0 Å². The van der Waals surface area contributed by atoms with E-state index in [-0.39, 0.29) is 5.97 Å². The molecule has 0 spiro atoms. The number of carbonyl (C=O) groups excluding carboxylic acids is 1. The SMILES string of the molecule is COC(=O)/C=C/c1cccnc1Br. The Kier molecular flexibility index (Phi) is 3.64. The van der Waals surface area contributed by atoms with Gasteiger partial charge < -0.3 is 4.74 Å². The molecule has 13 heavy (non-hydrogen) atoms. The van der Waals surface area contributed by atoms with E-state index in [2.05, 4.69) is 25.7 Å². The van der Waals surface area contributed by atoms with Crippen LogP contribution >= 0.6 is 15.9 Å². The van der Waals surface area contributed by atoms with Crippen LogP contribution in [0.1, 0.15) is 5.56 Å². The average Bonchev–Trinajstić information content (AvgIpc) is 2.16. The molecule has 0 bridgehead atoms. The van der Waals surface area contributed by atoms with Crippen LogP contribution in [-0.4, -0.2) is 18.1 Å². The summed E-state index contributed by atoms with van der Waals surface area (Å²) >= 11 is 3.25. The first-order valence-electron chi connectivity index (χ1n) is 3.60. The van der Waals surface area contributed by atoms with Crippen LogP contribution < -0.4 is 0 Å². The van der Waals surface area contributed by atoms with Gasteiger partial charge in [-0.25, -0.2) is 9.78 Å². The summed E-state index contributed by atoms with van der Waals surface area (Å²) in [5.41, 5.74) is 0.841. The molecule has 4 heteroatoms. The third-order valence-corrected chi connectivity index (χ3v) is 2.05. The van der Waals surface area contributed by atoms with Gasteiger partial charge in [-0.05, 0) is 28.1 Å². The summed E-state index contributed by atoms with van der Waals surface area (Å²) < 4.78 is 5.15. The lowest BCUT2D eigenvalue weighted by Gasteiger charge is -1.95. The molecule has 0 N–H and O–H groups in total. The molecule has 0 aliphatic rings. The highest BCUT2D eigenvalue weighted by molar-refractivity contribution is 9.10. The van der Waals surface area contributed by atoms with E-state index < -0.39 is 0 Å². The molecule has 0 fully saturated rings. The van der Waals surface area contributed by atoms with Crippen molar-refractivity contribution in [1.82, 2.24) is 4.98 Å². The molecule has 0 aromatic carbocycles. The zero-order chi connectivity index (χ0) is 9.68. The Morgan fingerprint density at radius 1 is 1.69 bits per heavy atom. The van der Waals surface area contributed by atoms with Crippen molar-refractivity contribution < 1.29 is 9.53 Å². The minimum absolute atomic E-state index is 0.379. The van der Waals surface area contributed by atoms with E-state index in [1.165, 1.54) is 13.2 Å². The summed E-state index contributed by atoms with van der Waals surface area (Å²) in [6.07, 6.45) is 4.66. The highest BCUT2D eigenvalue weighted by atomic mass is 79.9. The molecule has 1 aromatic rings. The summed E-state index contributed by atoms with van der Waals surface area (Å²) in [5, 5.41) is 0. The van der Waals surface area contributed by atoms with Gasteiger partial charge in [0.05, 0.1) is 7.11 Å². The van der Waals surface area contributed by atoms with Gasteiger partial charge in [0, 0.05) is 17.8 Å². The molecule has 0 saturated heterocycles. The Labute approximate surface area is 84.6 Å². The van der Waals surface area contributed by atoms with Crippen molar-refractivity contribution in [3.8, 4) is 0 Å². The molecule has 0 aliphatic heterocycles. The largest absolute Gasteiger partial charge is 0.466 e. The molecule has 0 amide bonds. The third kappa shape index (κ3) is 2.99. The van der Waals surface area contributed by atoms with E-state index in [1.54, 1.807) is 18.3 Å². The van der Waals surface area contributed by atoms with Gasteiger partial charge in [-0.15, -0.1) is 0 Å². The molecular weight excluding hydrogens is 234 g/mol. The Morgan fingerprint density at radius 3 is 3.08 bits per heavy atom. The van der Waals surface area contributed by atoms with Crippen molar-refractivity contribution in [2.24, 2.45) is 0 Å². The van der Waals surface area contributed by atoms with Crippen LogP contribution in [0.4, 0.5) is 0 Å². The molecule has 1 rings (SSSR count). The summed E-state index contributed by atoms with van der Waals surface area (Å²) in [4.78, 5) is 14.7. The molecule has 1 heterocycles. The van der Waals surface area contributed by atoms with E-state index in [4.69, 9.17) is 0 Å². The van der Waals surface area contributed by atoms with E-state index in [1.807, 2.05) is 6.07 Å². The predicted octanol–water partition coefficient (Wildman–Crippen LogP) is 2.03. The van der Waals surface area contributed by atoms with Gasteiger partial charge in [0.2, 0.25) is 0 Å². The van der Waals surface area contributed by atoms with E-state index in [9.17, 15) is 4.79 Å². The molecule has 3 nitrogen and oxygen atoms in total. The number of hydrogen-bond donors (Lipinski definition) is 0. The first-order chi connectivity index (χ1) is 6.24. The molecule has 0 unspecified atom stereocenters. The first kappa shape index (κ1) is 9.92. The molecule has 0 atom stereocenters. The van der Waals surface area contributed by atoms with Gasteiger partial charge >= 0.3 is 5.97 Å². The summed E-state index contributed by atoms with van der Waals surface area (Å²) in [5.74, 6) is -0.379. The number of halogens is 1. The Bertz CT molecular complexity index is 336. The highest BCUT2D eigenvalue weighted by Crippen LogP contribution is 2.13. The Hall–Kier alpha value is -1.16. The summed E-state index contributed by atoms with van der Waals surface area (Å²) in [7, 11) is 1.34. The van der Waals surface area contributed by atoms with Gasteiger partial charge in [-0.3, -0.25) is 0 Å². The van der Waals surface area contributed by atoms with Crippen LogP contribution in [0.15, 0.2) is 29.0 Å². The van der Waals surface area contributed by atoms with Gasteiger partial charge in [-0.2, -0.15) is 0 Å². The van der Waals surface area contributed by atoms with Crippen molar-refractivity contribution in [3.05, 3.63) is 34.6 Å². The number of methoxy groups -OCH3 is 1. The highest BCUT2D eigenvalue weighted by Gasteiger charge is 1.96. The second-order valence-corrected chi connectivity index (χ2v) is 2.99. The summed E-state index contributed by atoms with van der Waals surface area (Å²) in [6.45, 7) is 0. The molecule has 0 saturated carbocycles. The smallest absolute Gasteiger partial charge is 0.330 e. The zero-order valence-corrected chi connectivity index (χ0v) is 8.61. The number of aromatic nitrogens is 1. The monoisotopic (exact) mass is 241 g/mol. The number of nitrogens with zero attached hydrogens (tertiary/aromatic N) is 1. The third-order valence-electron chi connectivity index (χ3n) is 1.39. The van der Waals surface area contributed by atoms with Crippen LogP contribution in [0.3, 0.4) is 0 Å². The van der Waals surface area contributed by atoms with Gasteiger partial charge in [-0.1, -0.05) is 6.07 Å². The maximum absolute atomic E-state index is 10.8. The van der Waals surface area contributed by atoms with E-state index in [0.717, 1.165) is 5.56 Å². The normalized spacial score (nSPS) is 10.3. The fourth-order valence-corrected chi connectivity index (χ4v) is 1.13. The maximum atomic E-state index is 10.8. The Balaban J connectivity index is 2.80. The number of hydrogen-bond acceptors (Lipinski definition) is 3. The van der Waals surface area contributed by atoms with Crippen LogP contribution in [0.25, 0.3) is 6.08 Å². The van der Waals surface area contributed by atoms with Crippen LogP contribution in [0.2, 0.25) is 0 Å². The fraction of sp³-hybridized carbons (Fsp3) is 0.111. The van der Waals surface area contributed by atoms with Crippen molar-refractivity contribution in [2.75, 3.05) is 7.11 Å². The zero-order valence-electron chi connectivity index (χ0n) is 7.03. The standard InChI is InChI=1S/C9H8BrNO2/c1-13-8(12)5-4-7-3-2-6-11-9(7)10/h2-6H,1H3/b5-4+. The van der Waals surface area contributed by atoms with Gasteiger partial charge in [0.25, 0.3) is 0 Å². The number of carbonyl (C=O) groups is 1. The lowest BCUT2D eigenvalue weighted by Crippen LogP contribution is -1.93. The lowest BCUT2D eigenvalue weighted by atomic mass is 10.2. The molecule has 0 aliphatic carbocycles. The maximum Gasteiger partial charge on any atom is 0.330 e. The average molecular weight is 242 g/mol. The lowest BCUT2D eigenvalue weighted by molar-refractivity contribution is -0.134. The van der Waals surface area contributed by atoms with E-state index in [0.29, 0.717) is 4.60 Å². The predicted molar refractivity (Wildman–Crippen MR) is 53.0 cm³/mol. The number of esters is 1. The molecule has 68 valence electrons. The second-order valence-electron chi connectivity index (χ2n) is 2.24. The van der Waals surface area contributed by atoms with Crippen molar-refractivity contribution >= 4 is 28.0 Å². The van der Waals surface area contributed by atoms with Crippen molar-refractivity contribution in [3.63, 3.8) is 0 Å². The van der Waals surface area contributed by atoms with E-state index >= 15 is 0 Å². The fourth-order valence-electron chi connectivity index (χ4n) is 0.749. The first-order valence-corrected chi connectivity index (χ1v) is 4.40. The second kappa shape index (κ2) is 4.77. The quantitative estimate of drug-likeness (QED) is 0.452. The minimum atomic E-state index is -0.379. The number of rotatable bonds is 2. The molecular formula is C9H8BrNO2. The Morgan fingerprint density at radius 2 is 2.46 bits per heavy atom. The minimum Gasteiger partial charge on any atom is -0.466 e. The van der Waals surface area contributed by atoms with Crippen LogP contribution in [0, 0.1) is 0 Å². The van der Waals surface area contributed by atoms with Crippen LogP contribution in [-0.2, 0) is 9.53 Å². The van der Waals surface area contributed by atoms with Crippen molar-refractivity contribution in [1.29, 1.82) is 0 Å². The van der Waals surface area contributed by atoms with Gasteiger partial charge in [0.15, 0.2) is 0 Å². The number of pyridine rings is 1. The number of ether oxygens (including phenoxy) is 1. The summed E-state index contributed by atoms with van der Waals surface area (Å²) in [6, 6.07) is 3.64.